The van der Waals surface area contributed by atoms with Gasteiger partial charge in [-0.05, 0) is 93.1 Å². The SMILES string of the molecule is Cc1ccc(CC2CCNCC2)c(Nc2ccc(N)cc2C)c1. The first-order valence-electron chi connectivity index (χ1n) is 8.55. The normalized spacial score (nSPS) is 15.6. The highest BCUT2D eigenvalue weighted by Crippen LogP contribution is 2.29. The van der Waals surface area contributed by atoms with E-state index in [0.717, 1.165) is 36.8 Å². The average molecular weight is 309 g/mol. The van der Waals surface area contributed by atoms with Crippen molar-refractivity contribution in [1.29, 1.82) is 0 Å². The number of nitrogens with two attached hydrogens (primary N) is 1. The number of anilines is 3. The van der Waals surface area contributed by atoms with Gasteiger partial charge in [0.25, 0.3) is 0 Å². The summed E-state index contributed by atoms with van der Waals surface area (Å²) in [6, 6.07) is 12.8. The van der Waals surface area contributed by atoms with Crippen LogP contribution in [0.2, 0.25) is 0 Å². The van der Waals surface area contributed by atoms with Crippen molar-refractivity contribution in [3.8, 4) is 0 Å². The zero-order valence-electron chi connectivity index (χ0n) is 14.2. The third kappa shape index (κ3) is 4.05. The van der Waals surface area contributed by atoms with Crippen LogP contribution in [-0.4, -0.2) is 13.1 Å². The molecule has 1 saturated heterocycles. The van der Waals surface area contributed by atoms with E-state index in [9.17, 15) is 0 Å². The molecule has 122 valence electrons. The Balaban J connectivity index is 1.83. The molecule has 1 heterocycles. The summed E-state index contributed by atoms with van der Waals surface area (Å²) >= 11 is 0. The maximum atomic E-state index is 5.86. The molecule has 0 atom stereocenters. The van der Waals surface area contributed by atoms with Gasteiger partial charge in [0.05, 0.1) is 0 Å². The van der Waals surface area contributed by atoms with Gasteiger partial charge in [0.1, 0.15) is 0 Å². The fraction of sp³-hybridized carbons (Fsp3) is 0.400. The van der Waals surface area contributed by atoms with Crippen LogP contribution in [0.3, 0.4) is 0 Å². The lowest BCUT2D eigenvalue weighted by molar-refractivity contribution is 0.373. The highest BCUT2D eigenvalue weighted by molar-refractivity contribution is 5.68. The Hall–Kier alpha value is -2.00. The average Bonchev–Trinajstić information content (AvgIpc) is 2.54. The lowest BCUT2D eigenvalue weighted by Crippen LogP contribution is -2.28. The molecule has 1 fully saturated rings. The van der Waals surface area contributed by atoms with Crippen molar-refractivity contribution in [2.24, 2.45) is 5.92 Å². The fourth-order valence-electron chi connectivity index (χ4n) is 3.35. The molecule has 0 aliphatic carbocycles. The predicted octanol–water partition coefficient (Wildman–Crippen LogP) is 4.17. The Kier molecular flexibility index (Phi) is 4.87. The van der Waals surface area contributed by atoms with Crippen molar-refractivity contribution in [2.45, 2.75) is 33.1 Å². The minimum Gasteiger partial charge on any atom is -0.399 e. The summed E-state index contributed by atoms with van der Waals surface area (Å²) in [6.45, 7) is 6.54. The zero-order chi connectivity index (χ0) is 16.2. The summed E-state index contributed by atoms with van der Waals surface area (Å²) < 4.78 is 0. The van der Waals surface area contributed by atoms with Gasteiger partial charge < -0.3 is 16.4 Å². The summed E-state index contributed by atoms with van der Waals surface area (Å²) in [4.78, 5) is 0. The van der Waals surface area contributed by atoms with E-state index in [0.29, 0.717) is 0 Å². The minimum atomic E-state index is 0.784. The molecule has 0 radical (unpaired) electrons. The topological polar surface area (TPSA) is 50.1 Å². The van der Waals surface area contributed by atoms with Crippen LogP contribution in [0, 0.1) is 19.8 Å². The molecule has 3 heteroatoms. The van der Waals surface area contributed by atoms with E-state index in [1.165, 1.54) is 35.2 Å². The fourth-order valence-corrected chi connectivity index (χ4v) is 3.35. The summed E-state index contributed by atoms with van der Waals surface area (Å²) in [5, 5.41) is 7.08. The standard InChI is InChI=1S/C20H27N3/c1-14-3-4-17(13-16-7-9-22-10-8-16)20(11-14)23-19-6-5-18(21)12-15(19)2/h3-6,11-12,16,22-23H,7-10,13,21H2,1-2H3. The van der Waals surface area contributed by atoms with E-state index in [4.69, 9.17) is 5.73 Å². The van der Waals surface area contributed by atoms with Crippen molar-refractivity contribution in [3.63, 3.8) is 0 Å². The number of piperidine rings is 1. The Morgan fingerprint density at radius 1 is 1.04 bits per heavy atom. The van der Waals surface area contributed by atoms with Crippen LogP contribution in [-0.2, 0) is 6.42 Å². The third-order valence-corrected chi connectivity index (χ3v) is 4.75. The number of hydrogen-bond donors (Lipinski definition) is 3. The number of hydrogen-bond acceptors (Lipinski definition) is 3. The first-order valence-corrected chi connectivity index (χ1v) is 8.55. The van der Waals surface area contributed by atoms with Gasteiger partial charge >= 0.3 is 0 Å². The summed E-state index contributed by atoms with van der Waals surface area (Å²) in [7, 11) is 0. The number of nitrogens with one attached hydrogen (secondary N) is 2. The van der Waals surface area contributed by atoms with Crippen molar-refractivity contribution in [1.82, 2.24) is 5.32 Å². The molecular formula is C20H27N3. The van der Waals surface area contributed by atoms with E-state index in [1.807, 2.05) is 12.1 Å². The van der Waals surface area contributed by atoms with E-state index in [-0.39, 0.29) is 0 Å². The number of benzene rings is 2. The number of aryl methyl sites for hydroxylation is 2. The molecule has 0 bridgehead atoms. The lowest BCUT2D eigenvalue weighted by atomic mass is 9.90. The van der Waals surface area contributed by atoms with Crippen molar-refractivity contribution >= 4 is 17.1 Å². The summed E-state index contributed by atoms with van der Waals surface area (Å²) in [5.41, 5.74) is 12.9. The largest absolute Gasteiger partial charge is 0.399 e. The Bertz CT molecular complexity index is 673. The zero-order valence-corrected chi connectivity index (χ0v) is 14.2. The quantitative estimate of drug-likeness (QED) is 0.743. The minimum absolute atomic E-state index is 0.784. The second-order valence-corrected chi connectivity index (χ2v) is 6.76. The van der Waals surface area contributed by atoms with Crippen molar-refractivity contribution < 1.29 is 0 Å². The van der Waals surface area contributed by atoms with Gasteiger partial charge in [0.15, 0.2) is 0 Å². The molecule has 1 aliphatic rings. The van der Waals surface area contributed by atoms with Gasteiger partial charge in [-0.2, -0.15) is 0 Å². The van der Waals surface area contributed by atoms with Crippen LogP contribution in [0.25, 0.3) is 0 Å². The molecule has 3 rings (SSSR count). The molecule has 4 N–H and O–H groups in total. The van der Waals surface area contributed by atoms with Gasteiger partial charge in [0, 0.05) is 17.1 Å². The molecule has 2 aromatic rings. The summed E-state index contributed by atoms with van der Waals surface area (Å²) in [5.74, 6) is 0.784. The first-order chi connectivity index (χ1) is 11.1. The van der Waals surface area contributed by atoms with Crippen LogP contribution >= 0.6 is 0 Å². The van der Waals surface area contributed by atoms with E-state index in [1.54, 1.807) is 0 Å². The molecular weight excluding hydrogens is 282 g/mol. The highest BCUT2D eigenvalue weighted by Gasteiger charge is 2.15. The molecule has 0 aromatic heterocycles. The molecule has 23 heavy (non-hydrogen) atoms. The van der Waals surface area contributed by atoms with Gasteiger partial charge in [-0.25, -0.2) is 0 Å². The molecule has 1 aliphatic heterocycles. The van der Waals surface area contributed by atoms with Crippen molar-refractivity contribution in [2.75, 3.05) is 24.1 Å². The second kappa shape index (κ2) is 7.05. The maximum absolute atomic E-state index is 5.86. The molecule has 3 nitrogen and oxygen atoms in total. The van der Waals surface area contributed by atoms with Gasteiger partial charge in [-0.1, -0.05) is 12.1 Å². The monoisotopic (exact) mass is 309 g/mol. The molecule has 0 unspecified atom stereocenters. The van der Waals surface area contributed by atoms with Gasteiger partial charge in [0.2, 0.25) is 0 Å². The maximum Gasteiger partial charge on any atom is 0.0419 e. The smallest absolute Gasteiger partial charge is 0.0419 e. The van der Waals surface area contributed by atoms with E-state index < -0.39 is 0 Å². The van der Waals surface area contributed by atoms with Crippen LogP contribution in [0.1, 0.15) is 29.5 Å². The number of nitrogen functional groups attached to an aromatic ring is 1. The van der Waals surface area contributed by atoms with Gasteiger partial charge in [-0.3, -0.25) is 0 Å². The third-order valence-electron chi connectivity index (χ3n) is 4.75. The predicted molar refractivity (Wildman–Crippen MR) is 99.4 cm³/mol. The van der Waals surface area contributed by atoms with Crippen LogP contribution in [0.4, 0.5) is 17.1 Å². The van der Waals surface area contributed by atoms with Crippen LogP contribution in [0.15, 0.2) is 36.4 Å². The Morgan fingerprint density at radius 2 is 1.83 bits per heavy atom. The van der Waals surface area contributed by atoms with E-state index in [2.05, 4.69) is 48.7 Å². The lowest BCUT2D eigenvalue weighted by Gasteiger charge is -2.24. The molecule has 2 aromatic carbocycles. The van der Waals surface area contributed by atoms with Crippen molar-refractivity contribution in [3.05, 3.63) is 53.1 Å². The summed E-state index contributed by atoms with van der Waals surface area (Å²) in [6.07, 6.45) is 3.70. The first kappa shape index (κ1) is 15.9. The molecule has 0 spiro atoms. The second-order valence-electron chi connectivity index (χ2n) is 6.76. The van der Waals surface area contributed by atoms with Crippen LogP contribution < -0.4 is 16.4 Å². The Morgan fingerprint density at radius 3 is 2.57 bits per heavy atom. The van der Waals surface area contributed by atoms with Gasteiger partial charge in [-0.15, -0.1) is 0 Å². The van der Waals surface area contributed by atoms with E-state index >= 15 is 0 Å². The highest BCUT2D eigenvalue weighted by atomic mass is 14.9. The Labute approximate surface area is 139 Å². The van der Waals surface area contributed by atoms with Crippen LogP contribution in [0.5, 0.6) is 0 Å². The number of rotatable bonds is 4. The molecule has 0 saturated carbocycles. The molecule has 0 amide bonds.